The lowest BCUT2D eigenvalue weighted by Gasteiger charge is -2.37. The number of carbonyl (C=O) groups excluding carboxylic acids is 2. The molecule has 0 bridgehead atoms. The highest BCUT2D eigenvalue weighted by atomic mass is 16.2. The first-order valence-corrected chi connectivity index (χ1v) is 8.95. The molecule has 2 rings (SSSR count). The lowest BCUT2D eigenvalue weighted by Crippen LogP contribution is -2.53. The molecular weight excluding hydrogens is 276 g/mol. The summed E-state index contributed by atoms with van der Waals surface area (Å²) in [6, 6.07) is 0. The van der Waals surface area contributed by atoms with Crippen molar-refractivity contribution in [2.24, 2.45) is 11.3 Å². The van der Waals surface area contributed by atoms with Crippen molar-refractivity contribution in [1.82, 2.24) is 9.80 Å². The minimum atomic E-state index is -0.326. The standard InChI is InChI=1S/C18H32N2O2/c1-18(2,3)17(22)20-13-11-19(12-14-20)16(21)10-9-15-7-5-4-6-8-15/h15H,4-14H2,1-3H3. The number of rotatable bonds is 3. The summed E-state index contributed by atoms with van der Waals surface area (Å²) in [5, 5.41) is 0. The van der Waals surface area contributed by atoms with Gasteiger partial charge in [0.2, 0.25) is 11.8 Å². The Hall–Kier alpha value is -1.06. The van der Waals surface area contributed by atoms with Crippen LogP contribution >= 0.6 is 0 Å². The van der Waals surface area contributed by atoms with E-state index in [0.717, 1.165) is 12.3 Å². The van der Waals surface area contributed by atoms with Gasteiger partial charge in [-0.15, -0.1) is 0 Å². The van der Waals surface area contributed by atoms with Gasteiger partial charge in [0, 0.05) is 38.0 Å². The molecule has 0 aromatic carbocycles. The van der Waals surface area contributed by atoms with Crippen molar-refractivity contribution in [1.29, 1.82) is 0 Å². The van der Waals surface area contributed by atoms with Gasteiger partial charge in [-0.2, -0.15) is 0 Å². The fourth-order valence-electron chi connectivity index (χ4n) is 3.59. The second-order valence-electron chi connectivity index (χ2n) is 7.97. The molecule has 1 saturated heterocycles. The Bertz CT molecular complexity index is 386. The number of hydrogen-bond donors (Lipinski definition) is 0. The van der Waals surface area contributed by atoms with E-state index in [0.29, 0.717) is 32.6 Å². The summed E-state index contributed by atoms with van der Waals surface area (Å²) in [5.74, 6) is 1.25. The van der Waals surface area contributed by atoms with Crippen LogP contribution in [0.15, 0.2) is 0 Å². The van der Waals surface area contributed by atoms with Crippen LogP contribution in [-0.4, -0.2) is 47.8 Å². The van der Waals surface area contributed by atoms with Crippen LogP contribution in [-0.2, 0) is 9.59 Å². The van der Waals surface area contributed by atoms with Gasteiger partial charge in [0.05, 0.1) is 0 Å². The van der Waals surface area contributed by atoms with Crippen LogP contribution in [0.1, 0.15) is 65.7 Å². The van der Waals surface area contributed by atoms with Gasteiger partial charge in [0.1, 0.15) is 0 Å². The molecule has 2 amide bonds. The number of amides is 2. The van der Waals surface area contributed by atoms with Crippen molar-refractivity contribution in [3.63, 3.8) is 0 Å². The van der Waals surface area contributed by atoms with Crippen molar-refractivity contribution in [3.8, 4) is 0 Å². The van der Waals surface area contributed by atoms with Crippen LogP contribution in [0.25, 0.3) is 0 Å². The van der Waals surface area contributed by atoms with Gasteiger partial charge in [0.15, 0.2) is 0 Å². The molecule has 0 aromatic heterocycles. The van der Waals surface area contributed by atoms with E-state index in [9.17, 15) is 9.59 Å². The fourth-order valence-corrected chi connectivity index (χ4v) is 3.59. The van der Waals surface area contributed by atoms with E-state index in [-0.39, 0.29) is 17.2 Å². The van der Waals surface area contributed by atoms with Gasteiger partial charge in [-0.3, -0.25) is 9.59 Å². The first-order valence-electron chi connectivity index (χ1n) is 8.95. The monoisotopic (exact) mass is 308 g/mol. The third-order valence-corrected chi connectivity index (χ3v) is 5.05. The van der Waals surface area contributed by atoms with E-state index >= 15 is 0 Å². The minimum absolute atomic E-state index is 0.196. The summed E-state index contributed by atoms with van der Waals surface area (Å²) < 4.78 is 0. The van der Waals surface area contributed by atoms with E-state index < -0.39 is 0 Å². The van der Waals surface area contributed by atoms with Crippen LogP contribution in [0.5, 0.6) is 0 Å². The van der Waals surface area contributed by atoms with E-state index in [1.807, 2.05) is 30.6 Å². The largest absolute Gasteiger partial charge is 0.339 e. The highest BCUT2D eigenvalue weighted by Gasteiger charge is 2.30. The third-order valence-electron chi connectivity index (χ3n) is 5.05. The maximum absolute atomic E-state index is 12.3. The summed E-state index contributed by atoms with van der Waals surface area (Å²) in [7, 11) is 0. The maximum atomic E-state index is 12.3. The number of nitrogens with zero attached hydrogens (tertiary/aromatic N) is 2. The summed E-state index contributed by atoms with van der Waals surface area (Å²) in [6.45, 7) is 8.64. The molecule has 1 aliphatic heterocycles. The van der Waals surface area contributed by atoms with Gasteiger partial charge >= 0.3 is 0 Å². The molecule has 126 valence electrons. The second-order valence-corrected chi connectivity index (χ2v) is 7.97. The summed E-state index contributed by atoms with van der Waals surface area (Å²) in [6.07, 6.45) is 8.41. The van der Waals surface area contributed by atoms with E-state index in [1.165, 1.54) is 32.1 Å². The molecule has 2 fully saturated rings. The fraction of sp³-hybridized carbons (Fsp3) is 0.889. The smallest absolute Gasteiger partial charge is 0.228 e. The SMILES string of the molecule is CC(C)(C)C(=O)N1CCN(C(=O)CCC2CCCCC2)CC1. The molecule has 1 saturated carbocycles. The summed E-state index contributed by atoms with van der Waals surface area (Å²) in [5.41, 5.74) is -0.326. The normalized spacial score (nSPS) is 21.0. The molecule has 0 radical (unpaired) electrons. The molecule has 0 spiro atoms. The molecule has 4 heteroatoms. The van der Waals surface area contributed by atoms with E-state index in [1.54, 1.807) is 0 Å². The minimum Gasteiger partial charge on any atom is -0.339 e. The zero-order valence-corrected chi connectivity index (χ0v) is 14.6. The Morgan fingerprint density at radius 3 is 2.00 bits per heavy atom. The van der Waals surface area contributed by atoms with Gasteiger partial charge in [-0.1, -0.05) is 52.9 Å². The molecule has 4 nitrogen and oxygen atoms in total. The second kappa shape index (κ2) is 7.47. The van der Waals surface area contributed by atoms with Crippen LogP contribution in [0, 0.1) is 11.3 Å². The molecule has 22 heavy (non-hydrogen) atoms. The Kier molecular flexibility index (Phi) is 5.87. The highest BCUT2D eigenvalue weighted by Crippen LogP contribution is 2.27. The Morgan fingerprint density at radius 1 is 0.909 bits per heavy atom. The number of carbonyl (C=O) groups is 2. The number of hydrogen-bond acceptors (Lipinski definition) is 2. The van der Waals surface area contributed by atoms with Crippen molar-refractivity contribution >= 4 is 11.8 Å². The van der Waals surface area contributed by atoms with E-state index in [2.05, 4.69) is 0 Å². The topological polar surface area (TPSA) is 40.6 Å². The molecule has 0 aromatic rings. The van der Waals surface area contributed by atoms with Crippen LogP contribution in [0.4, 0.5) is 0 Å². The molecule has 0 N–H and O–H groups in total. The van der Waals surface area contributed by atoms with Crippen LogP contribution in [0.3, 0.4) is 0 Å². The molecule has 1 aliphatic carbocycles. The molecule has 1 heterocycles. The van der Waals surface area contributed by atoms with Crippen LogP contribution in [0.2, 0.25) is 0 Å². The first-order chi connectivity index (χ1) is 10.4. The third kappa shape index (κ3) is 4.72. The quantitative estimate of drug-likeness (QED) is 0.804. The predicted molar refractivity (Wildman–Crippen MR) is 88.4 cm³/mol. The summed E-state index contributed by atoms with van der Waals surface area (Å²) in [4.78, 5) is 28.4. The molecular formula is C18H32N2O2. The zero-order valence-electron chi connectivity index (χ0n) is 14.6. The molecule has 2 aliphatic rings. The van der Waals surface area contributed by atoms with Crippen molar-refractivity contribution in [3.05, 3.63) is 0 Å². The zero-order chi connectivity index (χ0) is 16.2. The Morgan fingerprint density at radius 2 is 1.45 bits per heavy atom. The molecule has 0 unspecified atom stereocenters. The van der Waals surface area contributed by atoms with Gasteiger partial charge in [-0.05, 0) is 12.3 Å². The van der Waals surface area contributed by atoms with E-state index in [4.69, 9.17) is 0 Å². The lowest BCUT2D eigenvalue weighted by molar-refractivity contribution is -0.145. The van der Waals surface area contributed by atoms with Gasteiger partial charge in [0.25, 0.3) is 0 Å². The average Bonchev–Trinajstić information content (AvgIpc) is 2.52. The number of piperazine rings is 1. The lowest BCUT2D eigenvalue weighted by atomic mass is 9.86. The first kappa shape index (κ1) is 17.3. The van der Waals surface area contributed by atoms with Crippen molar-refractivity contribution in [2.45, 2.75) is 65.7 Å². The van der Waals surface area contributed by atoms with Crippen molar-refractivity contribution in [2.75, 3.05) is 26.2 Å². The van der Waals surface area contributed by atoms with Gasteiger partial charge in [-0.25, -0.2) is 0 Å². The average molecular weight is 308 g/mol. The Labute approximate surface area is 135 Å². The Balaban J connectivity index is 1.71. The van der Waals surface area contributed by atoms with Crippen LogP contribution < -0.4 is 0 Å². The maximum Gasteiger partial charge on any atom is 0.228 e. The highest BCUT2D eigenvalue weighted by molar-refractivity contribution is 5.82. The predicted octanol–water partition coefficient (Wildman–Crippen LogP) is 3.06. The molecule has 0 atom stereocenters. The van der Waals surface area contributed by atoms with Crippen molar-refractivity contribution < 1.29 is 9.59 Å². The summed E-state index contributed by atoms with van der Waals surface area (Å²) >= 11 is 0. The van der Waals surface area contributed by atoms with Gasteiger partial charge < -0.3 is 9.80 Å².